The molecule has 16 heteroatoms. The van der Waals surface area contributed by atoms with Crippen LogP contribution in [0.1, 0.15) is 37.1 Å². The number of ether oxygens (including phenoxy) is 1. The molecule has 1 aliphatic carbocycles. The Balaban J connectivity index is 1.55. The molecule has 0 bridgehead atoms. The molecule has 0 radical (unpaired) electrons. The molecule has 1 fully saturated rings. The second kappa shape index (κ2) is 10.4. The molecule has 1 saturated carbocycles. The third kappa shape index (κ3) is 5.57. The zero-order valence-electron chi connectivity index (χ0n) is 21.3. The van der Waals surface area contributed by atoms with Gasteiger partial charge in [0.2, 0.25) is 5.88 Å². The van der Waals surface area contributed by atoms with Crippen LogP contribution in [0, 0.1) is 0 Å². The van der Waals surface area contributed by atoms with E-state index in [9.17, 15) is 26.4 Å². The molecule has 0 aliphatic heterocycles. The number of nitrogens with one attached hydrogen (secondary N) is 1. The summed E-state index contributed by atoms with van der Waals surface area (Å²) in [6.45, 7) is -0.213. The highest BCUT2D eigenvalue weighted by atomic mass is 32.2. The van der Waals surface area contributed by atoms with E-state index in [1.807, 2.05) is 0 Å². The van der Waals surface area contributed by atoms with Crippen LogP contribution in [0.15, 0.2) is 40.5 Å². The maximum atomic E-state index is 13.6. The van der Waals surface area contributed by atoms with Gasteiger partial charge in [-0.1, -0.05) is 6.92 Å². The number of nitrogens with zero attached hydrogens (tertiary/aromatic N) is 7. The Kier molecular flexibility index (Phi) is 7.12. The van der Waals surface area contributed by atoms with Crippen molar-refractivity contribution < 1.29 is 26.3 Å². The van der Waals surface area contributed by atoms with Gasteiger partial charge in [-0.3, -0.25) is 14.3 Å². The van der Waals surface area contributed by atoms with Crippen LogP contribution in [0.4, 0.5) is 19.0 Å². The smallest absolute Gasteiger partial charge is 0.406 e. The zero-order valence-corrected chi connectivity index (χ0v) is 22.1. The minimum Gasteiger partial charge on any atom is -0.480 e. The number of hydrogen-bond acceptors (Lipinski definition) is 11. The van der Waals surface area contributed by atoms with Gasteiger partial charge in [0.15, 0.2) is 27.1 Å². The zero-order chi connectivity index (χ0) is 28.7. The van der Waals surface area contributed by atoms with Crippen LogP contribution >= 0.6 is 0 Å². The first kappa shape index (κ1) is 27.4. The van der Waals surface area contributed by atoms with Gasteiger partial charge in [-0.2, -0.15) is 13.2 Å². The fourth-order valence-electron chi connectivity index (χ4n) is 4.05. The second-order valence-electron chi connectivity index (χ2n) is 9.03. The molecule has 0 unspecified atom stereocenters. The van der Waals surface area contributed by atoms with Gasteiger partial charge in [-0.25, -0.2) is 33.3 Å². The van der Waals surface area contributed by atoms with Crippen molar-refractivity contribution in [2.24, 2.45) is 0 Å². The van der Waals surface area contributed by atoms with E-state index in [1.165, 1.54) is 44.9 Å². The maximum absolute atomic E-state index is 13.6. The summed E-state index contributed by atoms with van der Waals surface area (Å²) in [6.07, 6.45) is 0.750. The Morgan fingerprint density at radius 1 is 1.10 bits per heavy atom. The summed E-state index contributed by atoms with van der Waals surface area (Å²) >= 11 is 0. The number of fused-ring (bicyclic) bond motifs is 1. The summed E-state index contributed by atoms with van der Waals surface area (Å²) < 4.78 is 70.5. The summed E-state index contributed by atoms with van der Waals surface area (Å²) in [5, 5.41) is 2.70. The number of methoxy groups -OCH3 is 1. The van der Waals surface area contributed by atoms with Crippen molar-refractivity contribution in [2.45, 2.75) is 49.8 Å². The molecule has 0 spiro atoms. The molecule has 210 valence electrons. The van der Waals surface area contributed by atoms with E-state index in [-0.39, 0.29) is 51.8 Å². The van der Waals surface area contributed by atoms with Gasteiger partial charge in [-0.05, 0) is 25.0 Å². The van der Waals surface area contributed by atoms with Crippen LogP contribution in [0.3, 0.4) is 0 Å². The van der Waals surface area contributed by atoms with E-state index in [0.29, 0.717) is 21.5 Å². The molecule has 5 rings (SSSR count). The highest BCUT2D eigenvalue weighted by Gasteiger charge is 2.33. The van der Waals surface area contributed by atoms with Crippen molar-refractivity contribution >= 4 is 26.8 Å². The fraction of sp³-hybridized carbons (Fsp3) is 0.375. The Labute approximate surface area is 225 Å². The largest absolute Gasteiger partial charge is 0.480 e. The van der Waals surface area contributed by atoms with Crippen LogP contribution in [-0.2, 0) is 22.9 Å². The van der Waals surface area contributed by atoms with E-state index in [4.69, 9.17) is 4.74 Å². The first-order valence-electron chi connectivity index (χ1n) is 12.2. The number of pyridine rings is 1. The molecule has 0 amide bonds. The SMILES string of the molecule is CCS(=O)(=O)c1ccc(CNc2nc3cnc(-c4c(OC)ncnc4C4CC4)nc3n(CC(F)(F)F)c2=O)nc1. The van der Waals surface area contributed by atoms with Gasteiger partial charge >= 0.3 is 6.18 Å². The number of halogens is 3. The minimum atomic E-state index is -4.74. The number of aromatic nitrogens is 7. The highest BCUT2D eigenvalue weighted by molar-refractivity contribution is 7.91. The fourth-order valence-corrected chi connectivity index (χ4v) is 4.87. The van der Waals surface area contributed by atoms with Crippen LogP contribution in [-0.4, -0.2) is 61.9 Å². The number of alkyl halides is 3. The van der Waals surface area contributed by atoms with Gasteiger partial charge in [-0.15, -0.1) is 0 Å². The van der Waals surface area contributed by atoms with Crippen LogP contribution in [0.25, 0.3) is 22.6 Å². The molecule has 12 nitrogen and oxygen atoms in total. The minimum absolute atomic E-state index is 0.0102. The van der Waals surface area contributed by atoms with Crippen molar-refractivity contribution in [3.05, 3.63) is 52.6 Å². The monoisotopic (exact) mass is 576 g/mol. The molecule has 0 aromatic carbocycles. The third-order valence-electron chi connectivity index (χ3n) is 6.22. The molecule has 40 heavy (non-hydrogen) atoms. The molecule has 1 aliphatic rings. The van der Waals surface area contributed by atoms with E-state index >= 15 is 0 Å². The first-order chi connectivity index (χ1) is 19.0. The van der Waals surface area contributed by atoms with Gasteiger partial charge in [0.1, 0.15) is 24.0 Å². The summed E-state index contributed by atoms with van der Waals surface area (Å²) in [4.78, 5) is 38.5. The molecular weight excluding hydrogens is 553 g/mol. The van der Waals surface area contributed by atoms with Crippen LogP contribution in [0.2, 0.25) is 0 Å². The van der Waals surface area contributed by atoms with Crippen molar-refractivity contribution in [2.75, 3.05) is 18.2 Å². The van der Waals surface area contributed by atoms with Crippen molar-refractivity contribution in [1.82, 2.24) is 34.5 Å². The predicted octanol–water partition coefficient (Wildman–Crippen LogP) is 2.89. The summed E-state index contributed by atoms with van der Waals surface area (Å²) in [5.74, 6) is -0.173. The average Bonchev–Trinajstić information content (AvgIpc) is 3.78. The maximum Gasteiger partial charge on any atom is 0.406 e. The van der Waals surface area contributed by atoms with Crippen LogP contribution < -0.4 is 15.6 Å². The summed E-state index contributed by atoms with van der Waals surface area (Å²) in [7, 11) is -2.06. The van der Waals surface area contributed by atoms with Crippen molar-refractivity contribution in [3.63, 3.8) is 0 Å². The lowest BCUT2D eigenvalue weighted by atomic mass is 10.1. The molecular formula is C24H23F3N8O4S. The average molecular weight is 577 g/mol. The van der Waals surface area contributed by atoms with Gasteiger partial charge in [0, 0.05) is 12.1 Å². The lowest BCUT2D eigenvalue weighted by Gasteiger charge is -2.15. The Bertz CT molecular complexity index is 1740. The second-order valence-corrected chi connectivity index (χ2v) is 11.3. The topological polar surface area (TPSA) is 155 Å². The Morgan fingerprint density at radius 2 is 1.88 bits per heavy atom. The normalized spacial score (nSPS) is 13.9. The molecule has 4 aromatic heterocycles. The Morgan fingerprint density at radius 3 is 2.50 bits per heavy atom. The number of rotatable bonds is 9. The first-order valence-corrected chi connectivity index (χ1v) is 13.8. The molecule has 1 N–H and O–H groups in total. The third-order valence-corrected chi connectivity index (χ3v) is 7.94. The standard InChI is InChI=1S/C24H23F3N8O4S/c1-3-40(37,38)15-7-6-14(28-9-15)8-29-20-23(36)35(11-24(25,26)27)21-16(33-20)10-30-19(34-21)17-18(13-4-5-13)31-12-32-22(17)39-2/h6-7,9-10,12-13H,3-5,8,11H2,1-2H3,(H,29,33). The molecule has 4 heterocycles. The lowest BCUT2D eigenvalue weighted by Crippen LogP contribution is -2.31. The summed E-state index contributed by atoms with van der Waals surface area (Å²) in [6, 6.07) is 2.80. The van der Waals surface area contributed by atoms with E-state index in [0.717, 1.165) is 12.8 Å². The van der Waals surface area contributed by atoms with Gasteiger partial charge in [0.05, 0.1) is 41.9 Å². The quantitative estimate of drug-likeness (QED) is 0.313. The highest BCUT2D eigenvalue weighted by Crippen LogP contribution is 2.44. The van der Waals surface area contributed by atoms with E-state index < -0.39 is 28.1 Å². The molecule has 0 atom stereocenters. The van der Waals surface area contributed by atoms with Gasteiger partial charge < -0.3 is 10.1 Å². The lowest BCUT2D eigenvalue weighted by molar-refractivity contribution is -0.140. The van der Waals surface area contributed by atoms with Gasteiger partial charge in [0.25, 0.3) is 5.56 Å². The Hall–Kier alpha value is -4.21. The van der Waals surface area contributed by atoms with Crippen LogP contribution in [0.5, 0.6) is 5.88 Å². The summed E-state index contributed by atoms with van der Waals surface area (Å²) in [5.41, 5.74) is -0.129. The van der Waals surface area contributed by atoms with E-state index in [1.54, 1.807) is 0 Å². The molecule has 4 aromatic rings. The predicted molar refractivity (Wildman–Crippen MR) is 136 cm³/mol. The van der Waals surface area contributed by atoms with E-state index in [2.05, 4.69) is 35.2 Å². The molecule has 0 saturated heterocycles. The number of sulfone groups is 1. The van der Waals surface area contributed by atoms with Crippen molar-refractivity contribution in [1.29, 1.82) is 0 Å². The number of hydrogen-bond donors (Lipinski definition) is 1. The number of anilines is 1. The van der Waals surface area contributed by atoms with Crippen molar-refractivity contribution in [3.8, 4) is 17.3 Å².